The second-order valence-corrected chi connectivity index (χ2v) is 6.24. The van der Waals surface area contributed by atoms with E-state index in [1.54, 1.807) is 4.52 Å². The van der Waals surface area contributed by atoms with Crippen LogP contribution in [0.25, 0.3) is 17.0 Å². The number of rotatable bonds is 4. The van der Waals surface area contributed by atoms with Crippen LogP contribution in [0.5, 0.6) is 0 Å². The van der Waals surface area contributed by atoms with Crippen molar-refractivity contribution in [2.75, 3.05) is 0 Å². The summed E-state index contributed by atoms with van der Waals surface area (Å²) in [4.78, 5) is 10.3. The van der Waals surface area contributed by atoms with Gasteiger partial charge in [-0.3, -0.25) is 0 Å². The minimum absolute atomic E-state index is 0.393. The number of benzene rings is 2. The first-order valence-electron chi connectivity index (χ1n) is 8.81. The van der Waals surface area contributed by atoms with Crippen molar-refractivity contribution in [3.05, 3.63) is 77.2 Å². The molecule has 0 N–H and O–H groups in total. The number of oxime groups is 1. The maximum Gasteiger partial charge on any atom is 0.272 e. The SMILES string of the molecule is CCc1nnc2nc3c(nn12)C(=NOCc1ccccc1)c1ccccc1-3. The molecule has 0 amide bonds. The van der Waals surface area contributed by atoms with E-state index in [0.717, 1.165) is 34.6 Å². The first-order valence-corrected chi connectivity index (χ1v) is 8.81. The van der Waals surface area contributed by atoms with Crippen LogP contribution in [-0.4, -0.2) is 30.5 Å². The average molecular weight is 356 g/mol. The molecule has 7 nitrogen and oxygen atoms in total. The fourth-order valence-corrected chi connectivity index (χ4v) is 3.20. The molecule has 2 aromatic heterocycles. The third-order valence-electron chi connectivity index (χ3n) is 4.53. The molecule has 0 atom stereocenters. The summed E-state index contributed by atoms with van der Waals surface area (Å²) < 4.78 is 1.68. The molecule has 4 aromatic rings. The highest BCUT2D eigenvalue weighted by Gasteiger charge is 2.30. The van der Waals surface area contributed by atoms with E-state index in [4.69, 9.17) is 9.94 Å². The Bertz CT molecular complexity index is 1170. The third kappa shape index (κ3) is 2.55. The van der Waals surface area contributed by atoms with Crippen LogP contribution in [0.3, 0.4) is 0 Å². The number of hydrogen-bond donors (Lipinski definition) is 0. The molecule has 0 saturated heterocycles. The van der Waals surface area contributed by atoms with Gasteiger partial charge >= 0.3 is 0 Å². The van der Waals surface area contributed by atoms with E-state index in [-0.39, 0.29) is 0 Å². The van der Waals surface area contributed by atoms with E-state index in [2.05, 4.69) is 20.3 Å². The molecule has 0 unspecified atom stereocenters. The molecule has 132 valence electrons. The van der Waals surface area contributed by atoms with Gasteiger partial charge in [0.05, 0.1) is 0 Å². The molecular formula is C20H16N6O. The van der Waals surface area contributed by atoms with Crippen LogP contribution in [0.2, 0.25) is 0 Å². The quantitative estimate of drug-likeness (QED) is 0.463. The van der Waals surface area contributed by atoms with Crippen molar-refractivity contribution >= 4 is 11.5 Å². The minimum Gasteiger partial charge on any atom is -0.390 e. The summed E-state index contributed by atoms with van der Waals surface area (Å²) in [7, 11) is 0. The van der Waals surface area contributed by atoms with Crippen LogP contribution in [-0.2, 0) is 17.9 Å². The number of nitrogens with zero attached hydrogens (tertiary/aromatic N) is 6. The Kier molecular flexibility index (Phi) is 3.64. The van der Waals surface area contributed by atoms with Crippen molar-refractivity contribution in [1.29, 1.82) is 0 Å². The number of fused-ring (bicyclic) bond motifs is 4. The van der Waals surface area contributed by atoms with Crippen LogP contribution in [0.1, 0.15) is 29.6 Å². The Morgan fingerprint density at radius 1 is 0.926 bits per heavy atom. The lowest BCUT2D eigenvalue weighted by Gasteiger charge is -2.03. The minimum atomic E-state index is 0.393. The van der Waals surface area contributed by atoms with Crippen LogP contribution in [0, 0.1) is 0 Å². The van der Waals surface area contributed by atoms with Crippen molar-refractivity contribution in [3.8, 4) is 11.3 Å². The second-order valence-electron chi connectivity index (χ2n) is 6.24. The molecule has 0 fully saturated rings. The van der Waals surface area contributed by atoms with Crippen molar-refractivity contribution in [2.24, 2.45) is 5.16 Å². The number of aromatic nitrogens is 5. The highest BCUT2D eigenvalue weighted by Crippen LogP contribution is 2.34. The van der Waals surface area contributed by atoms with Crippen molar-refractivity contribution in [1.82, 2.24) is 24.8 Å². The van der Waals surface area contributed by atoms with Gasteiger partial charge in [-0.2, -0.15) is 9.61 Å². The fraction of sp³-hybridized carbons (Fsp3) is 0.150. The predicted octanol–water partition coefficient (Wildman–Crippen LogP) is 3.03. The molecule has 1 aliphatic carbocycles. The van der Waals surface area contributed by atoms with E-state index in [0.29, 0.717) is 23.8 Å². The highest BCUT2D eigenvalue weighted by atomic mass is 16.6. The zero-order chi connectivity index (χ0) is 18.2. The normalized spacial score (nSPS) is 13.7. The van der Waals surface area contributed by atoms with Gasteiger partial charge in [0.1, 0.15) is 23.7 Å². The molecule has 0 bridgehead atoms. The van der Waals surface area contributed by atoms with E-state index < -0.39 is 0 Å². The fourth-order valence-electron chi connectivity index (χ4n) is 3.20. The van der Waals surface area contributed by atoms with Gasteiger partial charge in [-0.05, 0) is 5.56 Å². The monoisotopic (exact) mass is 356 g/mol. The average Bonchev–Trinajstić information content (AvgIpc) is 3.26. The molecule has 0 saturated carbocycles. The summed E-state index contributed by atoms with van der Waals surface area (Å²) in [6.45, 7) is 2.41. The second kappa shape index (κ2) is 6.28. The summed E-state index contributed by atoms with van der Waals surface area (Å²) in [5, 5.41) is 17.4. The Balaban J connectivity index is 1.60. The molecule has 2 heterocycles. The van der Waals surface area contributed by atoms with Crippen molar-refractivity contribution < 1.29 is 4.84 Å². The first-order chi connectivity index (χ1) is 13.3. The van der Waals surface area contributed by atoms with Gasteiger partial charge in [0.2, 0.25) is 0 Å². The van der Waals surface area contributed by atoms with Gasteiger partial charge in [0, 0.05) is 17.5 Å². The Labute approximate surface area is 155 Å². The zero-order valence-electron chi connectivity index (χ0n) is 14.7. The maximum atomic E-state index is 5.65. The zero-order valence-corrected chi connectivity index (χ0v) is 14.7. The van der Waals surface area contributed by atoms with Gasteiger partial charge < -0.3 is 4.84 Å². The lowest BCUT2D eigenvalue weighted by molar-refractivity contribution is 0.131. The maximum absolute atomic E-state index is 5.65. The summed E-state index contributed by atoms with van der Waals surface area (Å²) in [6.07, 6.45) is 0.721. The smallest absolute Gasteiger partial charge is 0.272 e. The largest absolute Gasteiger partial charge is 0.390 e. The van der Waals surface area contributed by atoms with Crippen LogP contribution in [0.15, 0.2) is 59.8 Å². The lowest BCUT2D eigenvalue weighted by Crippen LogP contribution is -2.09. The summed E-state index contributed by atoms with van der Waals surface area (Å²) in [5.41, 5.74) is 5.12. The van der Waals surface area contributed by atoms with Gasteiger partial charge in [-0.25, -0.2) is 4.98 Å². The molecule has 1 aliphatic rings. The molecule has 0 radical (unpaired) electrons. The highest BCUT2D eigenvalue weighted by molar-refractivity contribution is 6.22. The molecule has 0 aliphatic heterocycles. The predicted molar refractivity (Wildman–Crippen MR) is 100 cm³/mol. The van der Waals surface area contributed by atoms with Gasteiger partial charge in [0.25, 0.3) is 5.78 Å². The Morgan fingerprint density at radius 2 is 1.70 bits per heavy atom. The number of hydrogen-bond acceptors (Lipinski definition) is 6. The molecule has 2 aromatic carbocycles. The molecule has 0 spiro atoms. The molecule has 5 rings (SSSR count). The molecule has 27 heavy (non-hydrogen) atoms. The Hall–Kier alpha value is -3.61. The van der Waals surface area contributed by atoms with Gasteiger partial charge in [-0.15, -0.1) is 10.2 Å². The summed E-state index contributed by atoms with van der Waals surface area (Å²) >= 11 is 0. The van der Waals surface area contributed by atoms with Crippen LogP contribution in [0.4, 0.5) is 0 Å². The molecular weight excluding hydrogens is 340 g/mol. The molecule has 7 heteroatoms. The third-order valence-corrected chi connectivity index (χ3v) is 4.53. The lowest BCUT2D eigenvalue weighted by atomic mass is 10.1. The summed E-state index contributed by atoms with van der Waals surface area (Å²) in [6, 6.07) is 17.9. The Morgan fingerprint density at radius 3 is 2.52 bits per heavy atom. The van der Waals surface area contributed by atoms with Crippen molar-refractivity contribution in [3.63, 3.8) is 0 Å². The number of aryl methyl sites for hydroxylation is 1. The van der Waals surface area contributed by atoms with Gasteiger partial charge in [0.15, 0.2) is 5.82 Å². The topological polar surface area (TPSA) is 77.6 Å². The summed E-state index contributed by atoms with van der Waals surface area (Å²) in [5.74, 6) is 1.26. The first kappa shape index (κ1) is 15.6. The van der Waals surface area contributed by atoms with Crippen molar-refractivity contribution in [2.45, 2.75) is 20.0 Å². The van der Waals surface area contributed by atoms with E-state index >= 15 is 0 Å². The van der Waals surface area contributed by atoms with Crippen LogP contribution < -0.4 is 0 Å². The van der Waals surface area contributed by atoms with E-state index in [9.17, 15) is 0 Å². The van der Waals surface area contributed by atoms with E-state index in [1.807, 2.05) is 61.5 Å². The van der Waals surface area contributed by atoms with Crippen LogP contribution >= 0.6 is 0 Å². The van der Waals surface area contributed by atoms with Gasteiger partial charge in [-0.1, -0.05) is 66.7 Å². The standard InChI is InChI=1S/C20H16N6O/c1-2-16-22-23-20-21-17-14-10-6-7-11-15(14)18(19(17)24-26(16)20)25-27-12-13-8-4-3-5-9-13/h3-11H,2,12H2,1H3. The van der Waals surface area contributed by atoms with E-state index in [1.165, 1.54) is 0 Å².